The van der Waals surface area contributed by atoms with Crippen LogP contribution in [0.25, 0.3) is 17.2 Å². The molecule has 4 rings (SSSR count). The van der Waals surface area contributed by atoms with Crippen LogP contribution in [0.15, 0.2) is 54.7 Å². The Morgan fingerprint density at radius 2 is 1.97 bits per heavy atom. The number of hydrogen-bond donors (Lipinski definition) is 1. The number of piperazine rings is 1. The van der Waals surface area contributed by atoms with Crippen molar-refractivity contribution >= 4 is 41.1 Å². The number of likely N-dealkylation sites (N-methyl/N-ethyl adjacent to an activating group) is 1. The third-order valence-electron chi connectivity index (χ3n) is 5.90. The average molecular weight is 492 g/mol. The van der Waals surface area contributed by atoms with E-state index in [9.17, 15) is 4.79 Å². The second-order valence-electron chi connectivity index (χ2n) is 8.52. The second kappa shape index (κ2) is 11.3. The lowest BCUT2D eigenvalue weighted by Gasteiger charge is -2.34. The Labute approximate surface area is 211 Å². The molecule has 8 heteroatoms. The molecule has 0 radical (unpaired) electrons. The van der Waals surface area contributed by atoms with Crippen LogP contribution in [-0.4, -0.2) is 60.7 Å². The Kier molecular flexibility index (Phi) is 8.00. The fourth-order valence-corrected chi connectivity index (χ4v) is 4.04. The number of aryl methyl sites for hydroxylation is 1. The van der Waals surface area contributed by atoms with Crippen LogP contribution in [0, 0.1) is 6.92 Å². The molecule has 1 N–H and O–H groups in total. The lowest BCUT2D eigenvalue weighted by atomic mass is 10.0. The first-order valence-corrected chi connectivity index (χ1v) is 12.1. The number of nitrogens with one attached hydrogen (secondary N) is 1. The summed E-state index contributed by atoms with van der Waals surface area (Å²) in [7, 11) is 2.13. The normalized spacial score (nSPS) is 14.3. The molecule has 1 aliphatic rings. The van der Waals surface area contributed by atoms with Crippen LogP contribution >= 0.6 is 11.6 Å². The van der Waals surface area contributed by atoms with Crippen molar-refractivity contribution < 1.29 is 9.53 Å². The fraction of sp³-hybridized carbons (Fsp3) is 0.296. The van der Waals surface area contributed by atoms with Gasteiger partial charge in [-0.1, -0.05) is 35.9 Å². The van der Waals surface area contributed by atoms with Gasteiger partial charge in [0.2, 0.25) is 5.95 Å². The first kappa shape index (κ1) is 24.7. The summed E-state index contributed by atoms with van der Waals surface area (Å²) in [6.45, 7) is 7.78. The summed E-state index contributed by atoms with van der Waals surface area (Å²) in [4.78, 5) is 25.9. The molecule has 0 spiro atoms. The summed E-state index contributed by atoms with van der Waals surface area (Å²) in [6.07, 6.45) is 5.06. The Morgan fingerprint density at radius 3 is 2.71 bits per heavy atom. The van der Waals surface area contributed by atoms with E-state index in [4.69, 9.17) is 21.3 Å². The minimum atomic E-state index is -0.356. The third kappa shape index (κ3) is 6.38. The molecule has 182 valence electrons. The molecule has 3 aromatic rings. The maximum absolute atomic E-state index is 11.7. The molecule has 0 aliphatic carbocycles. The van der Waals surface area contributed by atoms with Gasteiger partial charge in [0.1, 0.15) is 5.82 Å². The van der Waals surface area contributed by atoms with Gasteiger partial charge in [0.05, 0.1) is 6.61 Å². The third-order valence-corrected chi connectivity index (χ3v) is 6.30. The highest BCUT2D eigenvalue weighted by molar-refractivity contribution is 6.31. The van der Waals surface area contributed by atoms with Gasteiger partial charge >= 0.3 is 5.97 Å². The van der Waals surface area contributed by atoms with Crippen molar-refractivity contribution in [3.63, 3.8) is 0 Å². The van der Waals surface area contributed by atoms with Crippen LogP contribution in [0.3, 0.4) is 0 Å². The Hall–Kier alpha value is -3.42. The van der Waals surface area contributed by atoms with Crippen LogP contribution in [0.1, 0.15) is 18.1 Å². The molecule has 35 heavy (non-hydrogen) atoms. The number of carbonyl (C=O) groups is 1. The Balaban J connectivity index is 1.67. The molecule has 1 fully saturated rings. The predicted molar refractivity (Wildman–Crippen MR) is 142 cm³/mol. The van der Waals surface area contributed by atoms with E-state index in [1.807, 2.05) is 55.6 Å². The number of anilines is 3. The SMILES string of the molecule is CCOC(=O)C=Cc1cccc(-c2cnc(Nc3ccc(C)c(Cl)c3)nc2N2CCN(C)CC2)c1. The van der Waals surface area contributed by atoms with Crippen LogP contribution in [0.4, 0.5) is 17.5 Å². The predicted octanol–water partition coefficient (Wildman–Crippen LogP) is 5.18. The number of benzene rings is 2. The number of halogens is 1. The van der Waals surface area contributed by atoms with E-state index in [0.29, 0.717) is 17.6 Å². The zero-order chi connectivity index (χ0) is 24.8. The first-order valence-electron chi connectivity index (χ1n) is 11.7. The van der Waals surface area contributed by atoms with Crippen molar-refractivity contribution in [1.82, 2.24) is 14.9 Å². The highest BCUT2D eigenvalue weighted by Crippen LogP contribution is 2.32. The molecule has 1 aromatic heterocycles. The smallest absolute Gasteiger partial charge is 0.330 e. The Morgan fingerprint density at radius 1 is 1.17 bits per heavy atom. The maximum Gasteiger partial charge on any atom is 0.330 e. The van der Waals surface area contributed by atoms with Gasteiger partial charge in [0.15, 0.2) is 0 Å². The van der Waals surface area contributed by atoms with Crippen molar-refractivity contribution in [2.24, 2.45) is 0 Å². The Bertz CT molecular complexity index is 1220. The van der Waals surface area contributed by atoms with Crippen LogP contribution in [-0.2, 0) is 9.53 Å². The van der Waals surface area contributed by atoms with Gasteiger partial charge in [0.25, 0.3) is 0 Å². The minimum Gasteiger partial charge on any atom is -0.463 e. The molecular formula is C27H30ClN5O2. The number of hydrogen-bond acceptors (Lipinski definition) is 7. The van der Waals surface area contributed by atoms with Crippen molar-refractivity contribution in [1.29, 1.82) is 0 Å². The zero-order valence-electron chi connectivity index (χ0n) is 20.3. The summed E-state index contributed by atoms with van der Waals surface area (Å²) >= 11 is 6.30. The highest BCUT2D eigenvalue weighted by Gasteiger charge is 2.20. The topological polar surface area (TPSA) is 70.6 Å². The number of esters is 1. The van der Waals surface area contributed by atoms with Gasteiger partial charge in [-0.25, -0.2) is 9.78 Å². The van der Waals surface area contributed by atoms with Gasteiger partial charge in [-0.2, -0.15) is 4.98 Å². The largest absolute Gasteiger partial charge is 0.463 e. The van der Waals surface area contributed by atoms with E-state index < -0.39 is 0 Å². The number of rotatable bonds is 7. The lowest BCUT2D eigenvalue weighted by molar-refractivity contribution is -0.137. The van der Waals surface area contributed by atoms with E-state index in [-0.39, 0.29) is 5.97 Å². The van der Waals surface area contributed by atoms with Crippen LogP contribution in [0.5, 0.6) is 0 Å². The minimum absolute atomic E-state index is 0.351. The molecule has 2 heterocycles. The molecular weight excluding hydrogens is 462 g/mol. The summed E-state index contributed by atoms with van der Waals surface area (Å²) in [5, 5.41) is 3.98. The van der Waals surface area contributed by atoms with Gasteiger partial charge in [-0.05, 0) is 61.9 Å². The molecule has 1 saturated heterocycles. The average Bonchev–Trinajstić information content (AvgIpc) is 2.86. The number of nitrogens with zero attached hydrogens (tertiary/aromatic N) is 4. The lowest BCUT2D eigenvalue weighted by Crippen LogP contribution is -2.45. The zero-order valence-corrected chi connectivity index (χ0v) is 21.0. The standard InChI is InChI=1S/C27H30ClN5O2/c1-4-35-25(34)11-9-20-6-5-7-21(16-20)23-18-29-27(30-22-10-8-19(2)24(28)17-22)31-26(23)33-14-12-32(3)13-15-33/h5-11,16-18H,4,12-15H2,1-3H3,(H,29,30,31). The summed E-state index contributed by atoms with van der Waals surface area (Å²) in [5.74, 6) is 1.03. The van der Waals surface area contributed by atoms with Gasteiger partial charge in [-0.15, -0.1) is 0 Å². The maximum atomic E-state index is 11.7. The van der Waals surface area contributed by atoms with Crippen LogP contribution < -0.4 is 10.2 Å². The molecule has 0 amide bonds. The van der Waals surface area contributed by atoms with Crippen molar-refractivity contribution in [3.05, 3.63) is 70.9 Å². The second-order valence-corrected chi connectivity index (χ2v) is 8.93. The molecule has 0 atom stereocenters. The summed E-state index contributed by atoms with van der Waals surface area (Å²) < 4.78 is 4.99. The molecule has 7 nitrogen and oxygen atoms in total. The fourth-order valence-electron chi connectivity index (χ4n) is 3.86. The van der Waals surface area contributed by atoms with Gasteiger partial charge in [-0.3, -0.25) is 0 Å². The number of carbonyl (C=O) groups excluding carboxylic acids is 1. The van der Waals surface area contributed by atoms with E-state index >= 15 is 0 Å². The molecule has 0 bridgehead atoms. The van der Waals surface area contributed by atoms with Crippen LogP contribution in [0.2, 0.25) is 5.02 Å². The molecule has 0 unspecified atom stereocenters. The van der Waals surface area contributed by atoms with Crippen molar-refractivity contribution in [3.8, 4) is 11.1 Å². The molecule has 0 saturated carbocycles. The number of ether oxygens (including phenoxy) is 1. The van der Waals surface area contributed by atoms with Crippen molar-refractivity contribution in [2.75, 3.05) is 50.1 Å². The molecule has 2 aromatic carbocycles. The number of aromatic nitrogens is 2. The van der Waals surface area contributed by atoms with Gasteiger partial charge < -0.3 is 19.9 Å². The summed E-state index contributed by atoms with van der Waals surface area (Å²) in [5.41, 5.74) is 4.67. The quantitative estimate of drug-likeness (QED) is 0.361. The van der Waals surface area contributed by atoms with E-state index in [0.717, 1.165) is 59.9 Å². The van der Waals surface area contributed by atoms with E-state index in [1.165, 1.54) is 6.08 Å². The van der Waals surface area contributed by atoms with Gasteiger partial charge in [0, 0.05) is 54.7 Å². The molecule has 1 aliphatic heterocycles. The highest BCUT2D eigenvalue weighted by atomic mass is 35.5. The first-order chi connectivity index (χ1) is 16.9. The van der Waals surface area contributed by atoms with E-state index in [1.54, 1.807) is 13.0 Å². The van der Waals surface area contributed by atoms with Crippen molar-refractivity contribution in [2.45, 2.75) is 13.8 Å². The summed E-state index contributed by atoms with van der Waals surface area (Å²) in [6, 6.07) is 13.8. The monoisotopic (exact) mass is 491 g/mol. The van der Waals surface area contributed by atoms with E-state index in [2.05, 4.69) is 27.1 Å².